The topological polar surface area (TPSA) is 12.9 Å². The van der Waals surface area contributed by atoms with Gasteiger partial charge in [0, 0.05) is 5.75 Å². The van der Waals surface area contributed by atoms with Crippen molar-refractivity contribution < 1.29 is 0 Å². The lowest BCUT2D eigenvalue weighted by atomic mass is 10.8. The Hall–Kier alpha value is 0.270. The molecule has 0 saturated carbocycles. The van der Waals surface area contributed by atoms with Gasteiger partial charge in [0.1, 0.15) is 9.34 Å². The van der Waals surface area contributed by atoms with Crippen molar-refractivity contribution in [1.82, 2.24) is 4.98 Å². The summed E-state index contributed by atoms with van der Waals surface area (Å²) >= 11 is 8.95. The summed E-state index contributed by atoms with van der Waals surface area (Å²) in [4.78, 5) is 4.07. The van der Waals surface area contributed by atoms with Crippen LogP contribution < -0.4 is 0 Å². The van der Waals surface area contributed by atoms with Gasteiger partial charge in [-0.2, -0.15) is 11.8 Å². The van der Waals surface area contributed by atoms with E-state index >= 15 is 0 Å². The molecule has 0 aliphatic rings. The average molecular weight is 180 g/mol. The van der Waals surface area contributed by atoms with Gasteiger partial charge in [0.15, 0.2) is 0 Å². The van der Waals surface area contributed by atoms with Crippen molar-refractivity contribution in [2.24, 2.45) is 0 Å². The fraction of sp³-hybridized carbons (Fsp3) is 0.400. The van der Waals surface area contributed by atoms with E-state index < -0.39 is 0 Å². The molecule has 4 heteroatoms. The molecule has 0 N–H and O–H groups in total. The van der Waals surface area contributed by atoms with Crippen LogP contribution in [0.5, 0.6) is 0 Å². The Kier molecular flexibility index (Phi) is 2.82. The standard InChI is InChI=1S/C5H6ClNS2/c1-8-3-5-7-2-4(6)9-5/h2H,3H2,1H3. The van der Waals surface area contributed by atoms with Crippen LogP contribution in [0.3, 0.4) is 0 Å². The molecule has 1 nitrogen and oxygen atoms in total. The lowest BCUT2D eigenvalue weighted by molar-refractivity contribution is 1.27. The molecule has 1 aromatic rings. The Labute approximate surface area is 67.4 Å². The molecule has 0 atom stereocenters. The molecule has 0 unspecified atom stereocenters. The van der Waals surface area contributed by atoms with Crippen molar-refractivity contribution >= 4 is 34.7 Å². The van der Waals surface area contributed by atoms with Crippen LogP contribution in [-0.2, 0) is 5.75 Å². The average Bonchev–Trinajstić information content (AvgIpc) is 2.17. The lowest BCUT2D eigenvalue weighted by Crippen LogP contribution is -1.72. The van der Waals surface area contributed by atoms with E-state index in [4.69, 9.17) is 11.6 Å². The van der Waals surface area contributed by atoms with Crippen molar-refractivity contribution in [3.8, 4) is 0 Å². The van der Waals surface area contributed by atoms with Gasteiger partial charge in [-0.25, -0.2) is 4.98 Å². The maximum atomic E-state index is 5.64. The third-order valence-electron chi connectivity index (χ3n) is 0.793. The lowest BCUT2D eigenvalue weighted by Gasteiger charge is -1.84. The molecule has 0 saturated heterocycles. The summed E-state index contributed by atoms with van der Waals surface area (Å²) in [5.74, 6) is 0.970. The van der Waals surface area contributed by atoms with Gasteiger partial charge in [0.05, 0.1) is 6.20 Å². The first-order valence-corrected chi connectivity index (χ1v) is 5.01. The quantitative estimate of drug-likeness (QED) is 0.693. The molecular formula is C5H6ClNS2. The summed E-state index contributed by atoms with van der Waals surface area (Å²) in [7, 11) is 0. The van der Waals surface area contributed by atoms with Crippen LogP contribution in [0.1, 0.15) is 5.01 Å². The molecule has 0 spiro atoms. The van der Waals surface area contributed by atoms with Crippen LogP contribution >= 0.6 is 34.7 Å². The van der Waals surface area contributed by atoms with E-state index in [1.165, 1.54) is 0 Å². The Morgan fingerprint density at radius 1 is 1.89 bits per heavy atom. The fourth-order valence-corrected chi connectivity index (χ4v) is 2.14. The molecule has 1 heterocycles. The van der Waals surface area contributed by atoms with Gasteiger partial charge in [-0.1, -0.05) is 11.6 Å². The number of hydrogen-bond acceptors (Lipinski definition) is 3. The smallest absolute Gasteiger partial charge is 0.113 e. The van der Waals surface area contributed by atoms with E-state index in [0.717, 1.165) is 15.1 Å². The van der Waals surface area contributed by atoms with Gasteiger partial charge in [-0.15, -0.1) is 11.3 Å². The van der Waals surface area contributed by atoms with Crippen molar-refractivity contribution in [3.05, 3.63) is 15.5 Å². The van der Waals surface area contributed by atoms with E-state index in [0.29, 0.717) is 0 Å². The van der Waals surface area contributed by atoms with Crippen molar-refractivity contribution in [2.45, 2.75) is 5.75 Å². The number of rotatable bonds is 2. The number of nitrogens with zero attached hydrogens (tertiary/aromatic N) is 1. The second-order valence-electron chi connectivity index (χ2n) is 1.49. The molecule has 0 fully saturated rings. The zero-order chi connectivity index (χ0) is 6.69. The first-order valence-electron chi connectivity index (χ1n) is 2.42. The Morgan fingerprint density at radius 3 is 3.11 bits per heavy atom. The molecule has 0 aliphatic heterocycles. The SMILES string of the molecule is CSCc1ncc(Cl)s1. The second kappa shape index (κ2) is 3.44. The van der Waals surface area contributed by atoms with E-state index in [1.807, 2.05) is 0 Å². The Balaban J connectivity index is 2.61. The van der Waals surface area contributed by atoms with Crippen LogP contribution in [0, 0.1) is 0 Å². The highest BCUT2D eigenvalue weighted by Crippen LogP contribution is 2.20. The summed E-state index contributed by atoms with van der Waals surface area (Å²) in [6.45, 7) is 0. The fourth-order valence-electron chi connectivity index (χ4n) is 0.478. The maximum absolute atomic E-state index is 5.64. The monoisotopic (exact) mass is 179 g/mol. The highest BCUT2D eigenvalue weighted by Gasteiger charge is 1.96. The third kappa shape index (κ3) is 2.16. The van der Waals surface area contributed by atoms with Gasteiger partial charge in [-0.3, -0.25) is 0 Å². The highest BCUT2D eigenvalue weighted by atomic mass is 35.5. The third-order valence-corrected chi connectivity index (χ3v) is 2.65. The van der Waals surface area contributed by atoms with Crippen molar-refractivity contribution in [1.29, 1.82) is 0 Å². The molecule has 1 aromatic heterocycles. The largest absolute Gasteiger partial charge is 0.247 e. The first-order chi connectivity index (χ1) is 4.33. The minimum Gasteiger partial charge on any atom is -0.247 e. The summed E-state index contributed by atoms with van der Waals surface area (Å²) in [6, 6.07) is 0. The van der Waals surface area contributed by atoms with Crippen molar-refractivity contribution in [2.75, 3.05) is 6.26 Å². The van der Waals surface area contributed by atoms with Crippen LogP contribution in [0.15, 0.2) is 6.20 Å². The van der Waals surface area contributed by atoms with E-state index in [9.17, 15) is 0 Å². The molecule has 0 aromatic carbocycles. The molecule has 50 valence electrons. The minimum absolute atomic E-state index is 0.777. The van der Waals surface area contributed by atoms with E-state index in [2.05, 4.69) is 11.2 Å². The molecule has 1 rings (SSSR count). The Bertz CT molecular complexity index is 187. The minimum atomic E-state index is 0.777. The number of thiazole rings is 1. The molecule has 0 radical (unpaired) electrons. The summed E-state index contributed by atoms with van der Waals surface area (Å²) < 4.78 is 0.777. The molecular weight excluding hydrogens is 174 g/mol. The maximum Gasteiger partial charge on any atom is 0.113 e. The zero-order valence-corrected chi connectivity index (χ0v) is 7.32. The summed E-state index contributed by atoms with van der Waals surface area (Å²) in [5.41, 5.74) is 0. The van der Waals surface area contributed by atoms with Gasteiger partial charge in [0.25, 0.3) is 0 Å². The van der Waals surface area contributed by atoms with Gasteiger partial charge < -0.3 is 0 Å². The molecule has 0 bridgehead atoms. The van der Waals surface area contributed by atoms with Crippen LogP contribution in [-0.4, -0.2) is 11.2 Å². The summed E-state index contributed by atoms with van der Waals surface area (Å²) in [6.07, 6.45) is 3.74. The van der Waals surface area contributed by atoms with Gasteiger partial charge in [-0.05, 0) is 6.26 Å². The normalized spacial score (nSPS) is 10.0. The summed E-state index contributed by atoms with van der Waals surface area (Å²) in [5, 5.41) is 1.10. The zero-order valence-electron chi connectivity index (χ0n) is 4.93. The number of aromatic nitrogens is 1. The predicted octanol–water partition coefficient (Wildman–Crippen LogP) is 2.66. The van der Waals surface area contributed by atoms with E-state index in [1.54, 1.807) is 29.3 Å². The second-order valence-corrected chi connectivity index (χ2v) is 4.10. The molecule has 0 amide bonds. The highest BCUT2D eigenvalue weighted by molar-refractivity contribution is 7.97. The van der Waals surface area contributed by atoms with Crippen LogP contribution in [0.25, 0.3) is 0 Å². The van der Waals surface area contributed by atoms with Crippen LogP contribution in [0.2, 0.25) is 4.34 Å². The number of halogens is 1. The molecule has 9 heavy (non-hydrogen) atoms. The van der Waals surface area contributed by atoms with Crippen molar-refractivity contribution in [3.63, 3.8) is 0 Å². The molecule has 0 aliphatic carbocycles. The first kappa shape index (κ1) is 7.38. The van der Waals surface area contributed by atoms with Gasteiger partial charge in [0.2, 0.25) is 0 Å². The Morgan fingerprint density at radius 2 is 2.67 bits per heavy atom. The number of hydrogen-bond donors (Lipinski definition) is 0. The number of thioether (sulfide) groups is 1. The van der Waals surface area contributed by atoms with Crippen LogP contribution in [0.4, 0.5) is 0 Å². The predicted molar refractivity (Wildman–Crippen MR) is 44.3 cm³/mol. The van der Waals surface area contributed by atoms with E-state index in [-0.39, 0.29) is 0 Å². The van der Waals surface area contributed by atoms with Gasteiger partial charge >= 0.3 is 0 Å².